The van der Waals surface area contributed by atoms with Gasteiger partial charge in [-0.2, -0.15) is 0 Å². The van der Waals surface area contributed by atoms with Gasteiger partial charge in [-0.15, -0.1) is 0 Å². The molecule has 1 aromatic rings. The van der Waals surface area contributed by atoms with Gasteiger partial charge in [0, 0.05) is 38.0 Å². The van der Waals surface area contributed by atoms with Gasteiger partial charge in [0.15, 0.2) is 0 Å². The lowest BCUT2D eigenvalue weighted by Gasteiger charge is -2.45. The highest BCUT2D eigenvalue weighted by atomic mass is 16.5. The molecule has 6 nitrogen and oxygen atoms in total. The summed E-state index contributed by atoms with van der Waals surface area (Å²) in [5.74, 6) is 2.04. The van der Waals surface area contributed by atoms with Gasteiger partial charge >= 0.3 is 0 Å². The molecule has 0 spiro atoms. The van der Waals surface area contributed by atoms with Crippen LogP contribution < -0.4 is 4.74 Å². The lowest BCUT2D eigenvalue weighted by molar-refractivity contribution is -0.132. The van der Waals surface area contributed by atoms with Crippen LogP contribution in [0.25, 0.3) is 0 Å². The fourth-order valence-corrected chi connectivity index (χ4v) is 4.56. The first kappa shape index (κ1) is 19.2. The molecule has 3 rings (SSSR count). The van der Waals surface area contributed by atoms with Crippen LogP contribution >= 0.6 is 0 Å². The molecule has 2 fully saturated rings. The molecule has 2 aliphatic heterocycles. The SMILES string of the molecule is CCCN(C[C@@H]1CCCN2CCCC[C@H]12)C(=O)CCc1cc(OC)no1. The lowest BCUT2D eigenvalue weighted by Crippen LogP contribution is -2.51. The molecule has 0 aliphatic carbocycles. The zero-order valence-electron chi connectivity index (χ0n) is 16.3. The standard InChI is InChI=1S/C20H33N3O3/c1-3-11-23(20(24)10-9-17-14-19(25-2)21-26-17)15-16-7-6-13-22-12-5-4-8-18(16)22/h14,16,18H,3-13,15H2,1-2H3/t16-,18+/m0/s1. The number of amides is 1. The third-order valence-electron chi connectivity index (χ3n) is 5.86. The van der Waals surface area contributed by atoms with Crippen molar-refractivity contribution in [3.8, 4) is 5.88 Å². The topological polar surface area (TPSA) is 58.8 Å². The Morgan fingerprint density at radius 2 is 2.19 bits per heavy atom. The number of aryl methyl sites for hydroxylation is 1. The van der Waals surface area contributed by atoms with Crippen LogP contribution in [-0.2, 0) is 11.2 Å². The van der Waals surface area contributed by atoms with Crippen LogP contribution in [0, 0.1) is 5.92 Å². The maximum atomic E-state index is 12.8. The minimum absolute atomic E-state index is 0.232. The molecule has 2 saturated heterocycles. The third kappa shape index (κ3) is 4.78. The highest BCUT2D eigenvalue weighted by Crippen LogP contribution is 2.31. The minimum Gasteiger partial charge on any atom is -0.479 e. The molecule has 146 valence electrons. The van der Waals surface area contributed by atoms with Gasteiger partial charge in [-0.05, 0) is 56.3 Å². The van der Waals surface area contributed by atoms with E-state index < -0.39 is 0 Å². The second-order valence-electron chi connectivity index (χ2n) is 7.68. The summed E-state index contributed by atoms with van der Waals surface area (Å²) in [6.45, 7) is 6.40. The van der Waals surface area contributed by atoms with E-state index in [1.54, 1.807) is 13.2 Å². The maximum Gasteiger partial charge on any atom is 0.254 e. The van der Waals surface area contributed by atoms with Crippen molar-refractivity contribution in [3.63, 3.8) is 0 Å². The molecule has 2 aliphatic rings. The predicted octanol–water partition coefficient (Wildman–Crippen LogP) is 3.12. The molecule has 0 bridgehead atoms. The molecule has 1 aromatic heterocycles. The van der Waals surface area contributed by atoms with Gasteiger partial charge in [-0.25, -0.2) is 0 Å². The third-order valence-corrected chi connectivity index (χ3v) is 5.86. The predicted molar refractivity (Wildman–Crippen MR) is 100 cm³/mol. The van der Waals surface area contributed by atoms with Crippen molar-refractivity contribution in [2.45, 2.75) is 64.3 Å². The number of fused-ring (bicyclic) bond motifs is 1. The van der Waals surface area contributed by atoms with E-state index in [1.807, 2.05) is 0 Å². The Morgan fingerprint density at radius 3 is 2.96 bits per heavy atom. The smallest absolute Gasteiger partial charge is 0.254 e. The number of hydrogen-bond acceptors (Lipinski definition) is 5. The fraction of sp³-hybridized carbons (Fsp3) is 0.800. The molecule has 0 N–H and O–H groups in total. The summed E-state index contributed by atoms with van der Waals surface area (Å²) < 4.78 is 10.2. The summed E-state index contributed by atoms with van der Waals surface area (Å²) >= 11 is 0. The number of carbonyl (C=O) groups is 1. The summed E-state index contributed by atoms with van der Waals surface area (Å²) in [4.78, 5) is 17.6. The number of methoxy groups -OCH3 is 1. The van der Waals surface area contributed by atoms with E-state index in [0.717, 1.165) is 19.5 Å². The Labute approximate surface area is 156 Å². The summed E-state index contributed by atoms with van der Waals surface area (Å²) in [5, 5.41) is 3.80. The van der Waals surface area contributed by atoms with Gasteiger partial charge in [-0.3, -0.25) is 4.79 Å². The highest BCUT2D eigenvalue weighted by molar-refractivity contribution is 5.76. The molecule has 26 heavy (non-hydrogen) atoms. The van der Waals surface area contributed by atoms with Crippen molar-refractivity contribution >= 4 is 5.91 Å². The first-order valence-electron chi connectivity index (χ1n) is 10.2. The average molecular weight is 364 g/mol. The number of ether oxygens (including phenoxy) is 1. The van der Waals surface area contributed by atoms with Gasteiger partial charge in [0.25, 0.3) is 5.88 Å². The largest absolute Gasteiger partial charge is 0.479 e. The summed E-state index contributed by atoms with van der Waals surface area (Å²) in [5.41, 5.74) is 0. The molecule has 3 heterocycles. The maximum absolute atomic E-state index is 12.8. The van der Waals surface area contributed by atoms with Crippen molar-refractivity contribution in [2.24, 2.45) is 5.92 Å². The molecule has 0 aromatic carbocycles. The summed E-state index contributed by atoms with van der Waals surface area (Å²) in [6.07, 6.45) is 8.56. The van der Waals surface area contributed by atoms with Crippen LogP contribution in [0.4, 0.5) is 0 Å². The quantitative estimate of drug-likeness (QED) is 0.710. The molecular weight excluding hydrogens is 330 g/mol. The molecule has 6 heteroatoms. The number of piperidine rings is 2. The number of nitrogens with zero attached hydrogens (tertiary/aromatic N) is 3. The van der Waals surface area contributed by atoms with Crippen molar-refractivity contribution < 1.29 is 14.1 Å². The molecule has 2 atom stereocenters. The Bertz CT molecular complexity index is 572. The lowest BCUT2D eigenvalue weighted by atomic mass is 9.83. The van der Waals surface area contributed by atoms with E-state index in [4.69, 9.17) is 9.26 Å². The zero-order valence-corrected chi connectivity index (χ0v) is 16.3. The first-order chi connectivity index (χ1) is 12.7. The van der Waals surface area contributed by atoms with Gasteiger partial charge in [0.05, 0.1) is 7.11 Å². The monoisotopic (exact) mass is 363 g/mol. The van der Waals surface area contributed by atoms with Crippen LogP contribution in [0.1, 0.15) is 57.6 Å². The Balaban J connectivity index is 1.55. The van der Waals surface area contributed by atoms with Gasteiger partial charge < -0.3 is 19.1 Å². The number of rotatable bonds is 8. The van der Waals surface area contributed by atoms with Crippen LogP contribution in [0.2, 0.25) is 0 Å². The van der Waals surface area contributed by atoms with Crippen molar-refractivity contribution in [1.82, 2.24) is 15.0 Å². The van der Waals surface area contributed by atoms with E-state index in [0.29, 0.717) is 36.4 Å². The normalized spacial score (nSPS) is 23.5. The summed E-state index contributed by atoms with van der Waals surface area (Å²) in [6, 6.07) is 2.45. The van der Waals surface area contributed by atoms with Crippen LogP contribution in [-0.4, -0.2) is 60.2 Å². The Kier molecular flexibility index (Phi) is 6.94. The Morgan fingerprint density at radius 1 is 1.35 bits per heavy atom. The van der Waals surface area contributed by atoms with Crippen molar-refractivity contribution in [3.05, 3.63) is 11.8 Å². The van der Waals surface area contributed by atoms with Gasteiger partial charge in [-0.1, -0.05) is 13.3 Å². The van der Waals surface area contributed by atoms with E-state index in [-0.39, 0.29) is 5.91 Å². The van der Waals surface area contributed by atoms with Crippen molar-refractivity contribution in [1.29, 1.82) is 0 Å². The van der Waals surface area contributed by atoms with E-state index in [1.165, 1.54) is 45.2 Å². The minimum atomic E-state index is 0.232. The summed E-state index contributed by atoms with van der Waals surface area (Å²) in [7, 11) is 1.56. The Hall–Kier alpha value is -1.56. The zero-order chi connectivity index (χ0) is 18.4. The molecule has 0 radical (unpaired) electrons. The second-order valence-corrected chi connectivity index (χ2v) is 7.68. The second kappa shape index (κ2) is 9.40. The van der Waals surface area contributed by atoms with E-state index in [2.05, 4.69) is 21.9 Å². The van der Waals surface area contributed by atoms with Crippen LogP contribution in [0.5, 0.6) is 5.88 Å². The molecule has 0 saturated carbocycles. The highest BCUT2D eigenvalue weighted by Gasteiger charge is 2.34. The van der Waals surface area contributed by atoms with Gasteiger partial charge in [0.1, 0.15) is 5.76 Å². The first-order valence-corrected chi connectivity index (χ1v) is 10.2. The van der Waals surface area contributed by atoms with E-state index in [9.17, 15) is 4.79 Å². The van der Waals surface area contributed by atoms with Crippen LogP contribution in [0.3, 0.4) is 0 Å². The molecular formula is C20H33N3O3. The fourth-order valence-electron chi connectivity index (χ4n) is 4.56. The number of carbonyl (C=O) groups excluding carboxylic acids is 1. The molecule has 0 unspecified atom stereocenters. The van der Waals surface area contributed by atoms with Crippen LogP contribution in [0.15, 0.2) is 10.6 Å². The number of hydrogen-bond donors (Lipinski definition) is 0. The van der Waals surface area contributed by atoms with Crippen molar-refractivity contribution in [2.75, 3.05) is 33.3 Å². The van der Waals surface area contributed by atoms with E-state index >= 15 is 0 Å². The number of aromatic nitrogens is 1. The molecule has 1 amide bonds. The van der Waals surface area contributed by atoms with Gasteiger partial charge in [0.2, 0.25) is 5.91 Å². The average Bonchev–Trinajstić information content (AvgIpc) is 3.14.